The molecule has 1 N–H and O–H groups in total. The van der Waals surface area contributed by atoms with E-state index in [0.717, 1.165) is 25.8 Å². The second kappa shape index (κ2) is 7.41. The molecular formula is C16H30N2O2. The summed E-state index contributed by atoms with van der Waals surface area (Å²) in [5.41, 5.74) is -0.439. The summed E-state index contributed by atoms with van der Waals surface area (Å²) in [7, 11) is 0. The Morgan fingerprint density at radius 3 is 2.65 bits per heavy atom. The van der Waals surface area contributed by atoms with Gasteiger partial charge in [0.25, 0.3) is 0 Å². The Bertz CT molecular complexity index is 312. The molecule has 0 aromatic carbocycles. The van der Waals surface area contributed by atoms with Crippen molar-refractivity contribution in [3.8, 4) is 0 Å². The van der Waals surface area contributed by atoms with Crippen molar-refractivity contribution in [3.05, 3.63) is 0 Å². The SMILES string of the molecule is CCNC1(C(=O)OCC)CCCC(N2CCCCC2)C1. The van der Waals surface area contributed by atoms with Gasteiger partial charge in [0.05, 0.1) is 6.61 Å². The number of rotatable bonds is 5. The molecule has 0 aromatic rings. The molecule has 0 bridgehead atoms. The standard InChI is InChI=1S/C16H30N2O2/c1-3-17-16(15(19)20-4-2)10-8-9-14(13-16)18-11-6-5-7-12-18/h14,17H,3-13H2,1-2H3. The molecule has 1 heterocycles. The van der Waals surface area contributed by atoms with E-state index in [9.17, 15) is 4.79 Å². The Kier molecular flexibility index (Phi) is 5.85. The molecule has 2 fully saturated rings. The second-order valence-electron chi connectivity index (χ2n) is 6.18. The number of carbonyl (C=O) groups is 1. The fraction of sp³-hybridized carbons (Fsp3) is 0.938. The van der Waals surface area contributed by atoms with Crippen molar-refractivity contribution in [2.45, 2.75) is 70.4 Å². The number of carbonyl (C=O) groups excluding carboxylic acids is 1. The molecule has 4 nitrogen and oxygen atoms in total. The van der Waals surface area contributed by atoms with Gasteiger partial charge < -0.3 is 15.0 Å². The Hall–Kier alpha value is -0.610. The number of hydrogen-bond donors (Lipinski definition) is 1. The van der Waals surface area contributed by atoms with Gasteiger partial charge in [-0.15, -0.1) is 0 Å². The second-order valence-corrected chi connectivity index (χ2v) is 6.18. The number of piperidine rings is 1. The summed E-state index contributed by atoms with van der Waals surface area (Å²) >= 11 is 0. The van der Waals surface area contributed by atoms with Crippen molar-refractivity contribution in [2.24, 2.45) is 0 Å². The summed E-state index contributed by atoms with van der Waals surface area (Å²) in [5.74, 6) is -0.0384. The lowest BCUT2D eigenvalue weighted by Crippen LogP contribution is -2.59. The van der Waals surface area contributed by atoms with Crippen molar-refractivity contribution in [3.63, 3.8) is 0 Å². The van der Waals surface area contributed by atoms with Crippen molar-refractivity contribution in [1.29, 1.82) is 0 Å². The maximum atomic E-state index is 12.4. The van der Waals surface area contributed by atoms with Crippen LogP contribution in [0.15, 0.2) is 0 Å². The van der Waals surface area contributed by atoms with Gasteiger partial charge in [0.15, 0.2) is 0 Å². The predicted molar refractivity (Wildman–Crippen MR) is 80.7 cm³/mol. The number of likely N-dealkylation sites (tertiary alicyclic amines) is 1. The van der Waals surface area contributed by atoms with Crippen LogP contribution in [-0.4, -0.2) is 48.7 Å². The van der Waals surface area contributed by atoms with Crippen molar-refractivity contribution in [1.82, 2.24) is 10.2 Å². The lowest BCUT2D eigenvalue weighted by atomic mass is 9.77. The molecule has 20 heavy (non-hydrogen) atoms. The molecule has 2 aliphatic rings. The van der Waals surface area contributed by atoms with E-state index >= 15 is 0 Å². The molecule has 0 radical (unpaired) electrons. The van der Waals surface area contributed by atoms with Crippen molar-refractivity contribution in [2.75, 3.05) is 26.2 Å². The molecule has 116 valence electrons. The maximum Gasteiger partial charge on any atom is 0.326 e. The van der Waals surface area contributed by atoms with Gasteiger partial charge in [-0.1, -0.05) is 13.3 Å². The summed E-state index contributed by atoms with van der Waals surface area (Å²) in [5, 5.41) is 3.45. The zero-order valence-corrected chi connectivity index (χ0v) is 13.1. The largest absolute Gasteiger partial charge is 0.465 e. The van der Waals surface area contributed by atoms with Gasteiger partial charge in [0.1, 0.15) is 5.54 Å². The smallest absolute Gasteiger partial charge is 0.326 e. The van der Waals surface area contributed by atoms with Crippen LogP contribution in [0, 0.1) is 0 Å². The molecule has 2 unspecified atom stereocenters. The third kappa shape index (κ3) is 3.53. The highest BCUT2D eigenvalue weighted by molar-refractivity contribution is 5.81. The van der Waals surface area contributed by atoms with Gasteiger partial charge in [-0.25, -0.2) is 0 Å². The van der Waals surface area contributed by atoms with Crippen molar-refractivity contribution >= 4 is 5.97 Å². The highest BCUT2D eigenvalue weighted by atomic mass is 16.5. The third-order valence-electron chi connectivity index (χ3n) is 4.81. The van der Waals surface area contributed by atoms with E-state index in [1.807, 2.05) is 6.92 Å². The minimum Gasteiger partial charge on any atom is -0.465 e. The van der Waals surface area contributed by atoms with Crippen LogP contribution >= 0.6 is 0 Å². The van der Waals surface area contributed by atoms with Crippen LogP contribution < -0.4 is 5.32 Å². The normalized spacial score (nSPS) is 32.0. The van der Waals surface area contributed by atoms with Crippen LogP contribution in [0.1, 0.15) is 58.8 Å². The number of esters is 1. The zero-order valence-electron chi connectivity index (χ0n) is 13.1. The summed E-state index contributed by atoms with van der Waals surface area (Å²) in [6.07, 6.45) is 8.16. The van der Waals surface area contributed by atoms with Crippen molar-refractivity contribution < 1.29 is 9.53 Å². The number of nitrogens with one attached hydrogen (secondary N) is 1. The third-order valence-corrected chi connectivity index (χ3v) is 4.81. The summed E-state index contributed by atoms with van der Waals surface area (Å²) in [6, 6.07) is 0.549. The fourth-order valence-corrected chi connectivity index (χ4v) is 3.87. The lowest BCUT2D eigenvalue weighted by molar-refractivity contribution is -0.154. The van der Waals surface area contributed by atoms with Gasteiger partial charge in [0, 0.05) is 6.04 Å². The first kappa shape index (κ1) is 15.8. The zero-order chi connectivity index (χ0) is 14.4. The number of likely N-dealkylation sites (N-methyl/N-ethyl adjacent to an activating group) is 1. The van der Waals surface area contributed by atoms with Gasteiger partial charge in [-0.2, -0.15) is 0 Å². The molecule has 0 spiro atoms. The Morgan fingerprint density at radius 1 is 1.25 bits per heavy atom. The van der Waals surface area contributed by atoms with Crippen LogP contribution in [0.25, 0.3) is 0 Å². The van der Waals surface area contributed by atoms with E-state index in [-0.39, 0.29) is 5.97 Å². The number of hydrogen-bond acceptors (Lipinski definition) is 4. The summed E-state index contributed by atoms with van der Waals surface area (Å²) in [4.78, 5) is 15.0. The Labute approximate surface area is 123 Å². The first-order valence-corrected chi connectivity index (χ1v) is 8.38. The minimum absolute atomic E-state index is 0.0384. The highest BCUT2D eigenvalue weighted by Crippen LogP contribution is 2.33. The van der Waals surface area contributed by atoms with E-state index < -0.39 is 5.54 Å². The highest BCUT2D eigenvalue weighted by Gasteiger charge is 2.44. The molecule has 2 atom stereocenters. The molecule has 4 heteroatoms. The summed E-state index contributed by atoms with van der Waals surface area (Å²) < 4.78 is 5.35. The molecule has 0 amide bonds. The Morgan fingerprint density at radius 2 is 2.00 bits per heavy atom. The van der Waals surface area contributed by atoms with E-state index in [4.69, 9.17) is 4.74 Å². The van der Waals surface area contributed by atoms with Gasteiger partial charge in [-0.3, -0.25) is 4.79 Å². The van der Waals surface area contributed by atoms with Gasteiger partial charge in [0.2, 0.25) is 0 Å². The first-order chi connectivity index (χ1) is 9.72. The monoisotopic (exact) mass is 282 g/mol. The van der Waals surface area contributed by atoms with Crippen LogP contribution in [0.2, 0.25) is 0 Å². The quantitative estimate of drug-likeness (QED) is 0.786. The minimum atomic E-state index is -0.439. The van der Waals surface area contributed by atoms with Crippen LogP contribution in [0.5, 0.6) is 0 Å². The van der Waals surface area contributed by atoms with Gasteiger partial charge in [-0.05, 0) is 65.1 Å². The van der Waals surface area contributed by atoms with E-state index in [1.165, 1.54) is 38.8 Å². The number of nitrogens with zero attached hydrogens (tertiary/aromatic N) is 1. The van der Waals surface area contributed by atoms with E-state index in [0.29, 0.717) is 12.6 Å². The van der Waals surface area contributed by atoms with E-state index in [1.54, 1.807) is 0 Å². The van der Waals surface area contributed by atoms with E-state index in [2.05, 4.69) is 17.1 Å². The maximum absolute atomic E-state index is 12.4. The summed E-state index contributed by atoms with van der Waals surface area (Å²) in [6.45, 7) is 7.67. The molecule has 1 saturated carbocycles. The molecule has 1 aliphatic heterocycles. The average molecular weight is 282 g/mol. The molecule has 2 rings (SSSR count). The lowest BCUT2D eigenvalue weighted by Gasteiger charge is -2.44. The van der Waals surface area contributed by atoms with Crippen LogP contribution in [0.4, 0.5) is 0 Å². The average Bonchev–Trinajstić information content (AvgIpc) is 2.49. The predicted octanol–water partition coefficient (Wildman–Crippen LogP) is 2.33. The van der Waals surface area contributed by atoms with Crippen LogP contribution in [-0.2, 0) is 9.53 Å². The number of ether oxygens (including phenoxy) is 1. The molecular weight excluding hydrogens is 252 g/mol. The molecule has 1 saturated heterocycles. The fourth-order valence-electron chi connectivity index (χ4n) is 3.87. The molecule has 1 aliphatic carbocycles. The first-order valence-electron chi connectivity index (χ1n) is 8.38. The van der Waals surface area contributed by atoms with Crippen LogP contribution in [0.3, 0.4) is 0 Å². The molecule has 0 aromatic heterocycles. The topological polar surface area (TPSA) is 41.6 Å². The Balaban J connectivity index is 2.05. The van der Waals surface area contributed by atoms with Gasteiger partial charge >= 0.3 is 5.97 Å².